The molecule has 1 aromatic heterocycles. The smallest absolute Gasteiger partial charge is 0.280 e. The second-order valence-electron chi connectivity index (χ2n) is 4.36. The van der Waals surface area contributed by atoms with Crippen LogP contribution in [0.25, 0.3) is 0 Å². The lowest BCUT2D eigenvalue weighted by atomic mass is 10.1. The fourth-order valence-electron chi connectivity index (χ4n) is 2.09. The molecule has 17 heavy (non-hydrogen) atoms. The zero-order chi connectivity index (χ0) is 12.3. The van der Waals surface area contributed by atoms with Crippen molar-refractivity contribution in [1.82, 2.24) is 9.03 Å². The average Bonchev–Trinajstić information content (AvgIpc) is 2.80. The van der Waals surface area contributed by atoms with Gasteiger partial charge in [0.1, 0.15) is 5.76 Å². The Morgan fingerprint density at radius 3 is 3.00 bits per heavy atom. The normalized spacial score (nSPS) is 22.8. The molecule has 2 heterocycles. The molecule has 2 rings (SSSR count). The highest BCUT2D eigenvalue weighted by Crippen LogP contribution is 2.19. The van der Waals surface area contributed by atoms with Crippen LogP contribution in [0, 0.1) is 0 Å². The third kappa shape index (κ3) is 3.08. The molecular weight excluding hydrogens is 240 g/mol. The number of hydrogen-bond acceptors (Lipinski definition) is 3. The van der Waals surface area contributed by atoms with Gasteiger partial charge in [-0.05, 0) is 31.9 Å². The Labute approximate surface area is 102 Å². The number of furan rings is 1. The van der Waals surface area contributed by atoms with Gasteiger partial charge in [-0.1, -0.05) is 6.42 Å². The van der Waals surface area contributed by atoms with Gasteiger partial charge < -0.3 is 4.42 Å². The Bertz CT molecular complexity index is 441. The van der Waals surface area contributed by atoms with E-state index in [0.29, 0.717) is 12.3 Å². The lowest BCUT2D eigenvalue weighted by Gasteiger charge is -2.32. The number of nitrogens with one attached hydrogen (secondary N) is 1. The van der Waals surface area contributed by atoms with Gasteiger partial charge >= 0.3 is 0 Å². The van der Waals surface area contributed by atoms with Crippen molar-refractivity contribution >= 4 is 10.2 Å². The summed E-state index contributed by atoms with van der Waals surface area (Å²) in [5.74, 6) is 0.623. The Morgan fingerprint density at radius 1 is 1.53 bits per heavy atom. The summed E-state index contributed by atoms with van der Waals surface area (Å²) in [5, 5.41) is 0. The third-order valence-electron chi connectivity index (χ3n) is 3.06. The summed E-state index contributed by atoms with van der Waals surface area (Å²) in [6.07, 6.45) is 4.51. The van der Waals surface area contributed by atoms with Gasteiger partial charge in [-0.2, -0.15) is 17.4 Å². The van der Waals surface area contributed by atoms with Gasteiger partial charge in [0, 0.05) is 12.6 Å². The molecule has 1 atom stereocenters. The summed E-state index contributed by atoms with van der Waals surface area (Å²) in [6, 6.07) is 3.58. The molecule has 0 saturated carbocycles. The van der Waals surface area contributed by atoms with Crippen molar-refractivity contribution in [2.75, 3.05) is 6.54 Å². The van der Waals surface area contributed by atoms with Crippen molar-refractivity contribution in [2.45, 2.75) is 38.8 Å². The first kappa shape index (κ1) is 12.6. The largest absolute Gasteiger partial charge is 0.468 e. The maximum atomic E-state index is 12.1. The van der Waals surface area contributed by atoms with Crippen LogP contribution in [-0.4, -0.2) is 25.3 Å². The quantitative estimate of drug-likeness (QED) is 0.890. The summed E-state index contributed by atoms with van der Waals surface area (Å²) >= 11 is 0. The summed E-state index contributed by atoms with van der Waals surface area (Å²) in [4.78, 5) is 0. The van der Waals surface area contributed by atoms with E-state index in [1.54, 1.807) is 16.4 Å². The highest BCUT2D eigenvalue weighted by molar-refractivity contribution is 7.87. The molecule has 1 aromatic rings. The lowest BCUT2D eigenvalue weighted by molar-refractivity contribution is 0.265. The molecule has 0 spiro atoms. The molecule has 1 saturated heterocycles. The molecule has 0 aromatic carbocycles. The van der Waals surface area contributed by atoms with Crippen molar-refractivity contribution in [3.63, 3.8) is 0 Å². The maximum absolute atomic E-state index is 12.1. The van der Waals surface area contributed by atoms with E-state index in [9.17, 15) is 8.42 Å². The van der Waals surface area contributed by atoms with Gasteiger partial charge in [0.25, 0.3) is 10.2 Å². The molecule has 96 valence electrons. The molecule has 0 unspecified atom stereocenters. The van der Waals surface area contributed by atoms with Gasteiger partial charge in [0.2, 0.25) is 0 Å². The molecule has 0 amide bonds. The first-order chi connectivity index (χ1) is 8.09. The summed E-state index contributed by atoms with van der Waals surface area (Å²) in [5.41, 5.74) is 0. The van der Waals surface area contributed by atoms with E-state index in [0.717, 1.165) is 19.3 Å². The average molecular weight is 258 g/mol. The SMILES string of the molecule is C[C@@H]1CCCCN1S(=O)(=O)NCc1ccco1. The standard InChI is InChI=1S/C11H18N2O3S/c1-10-5-2-3-7-13(10)17(14,15)12-9-11-6-4-8-16-11/h4,6,8,10,12H,2-3,5,7,9H2,1H3/t10-/m1/s1. The molecule has 1 aliphatic rings. The first-order valence-electron chi connectivity index (χ1n) is 5.88. The van der Waals surface area contributed by atoms with Crippen LogP contribution in [0.15, 0.2) is 22.8 Å². The Morgan fingerprint density at radius 2 is 2.35 bits per heavy atom. The van der Waals surface area contributed by atoms with Crippen LogP contribution in [0.5, 0.6) is 0 Å². The lowest BCUT2D eigenvalue weighted by Crippen LogP contribution is -2.47. The van der Waals surface area contributed by atoms with Crippen LogP contribution in [0.2, 0.25) is 0 Å². The molecule has 1 aliphatic heterocycles. The Balaban J connectivity index is 1.98. The van der Waals surface area contributed by atoms with Gasteiger partial charge in [0.05, 0.1) is 12.8 Å². The van der Waals surface area contributed by atoms with Crippen molar-refractivity contribution in [3.8, 4) is 0 Å². The first-order valence-corrected chi connectivity index (χ1v) is 7.32. The van der Waals surface area contributed by atoms with Crippen molar-refractivity contribution in [2.24, 2.45) is 0 Å². The van der Waals surface area contributed by atoms with Crippen LogP contribution < -0.4 is 4.72 Å². The topological polar surface area (TPSA) is 62.6 Å². The van der Waals surface area contributed by atoms with Crippen molar-refractivity contribution in [3.05, 3.63) is 24.2 Å². The van der Waals surface area contributed by atoms with E-state index in [2.05, 4.69) is 4.72 Å². The molecule has 1 fully saturated rings. The number of nitrogens with zero attached hydrogens (tertiary/aromatic N) is 1. The van der Waals surface area contributed by atoms with Gasteiger partial charge in [-0.3, -0.25) is 0 Å². The van der Waals surface area contributed by atoms with E-state index in [4.69, 9.17) is 4.42 Å². The highest BCUT2D eigenvalue weighted by Gasteiger charge is 2.29. The zero-order valence-electron chi connectivity index (χ0n) is 9.93. The minimum Gasteiger partial charge on any atom is -0.468 e. The highest BCUT2D eigenvalue weighted by atomic mass is 32.2. The molecule has 5 nitrogen and oxygen atoms in total. The van der Waals surface area contributed by atoms with E-state index in [1.165, 1.54) is 6.26 Å². The van der Waals surface area contributed by atoms with Crippen LogP contribution in [0.1, 0.15) is 31.9 Å². The minimum absolute atomic E-state index is 0.0813. The van der Waals surface area contributed by atoms with E-state index >= 15 is 0 Å². The third-order valence-corrected chi connectivity index (χ3v) is 4.73. The van der Waals surface area contributed by atoms with Crippen LogP contribution >= 0.6 is 0 Å². The molecule has 0 radical (unpaired) electrons. The maximum Gasteiger partial charge on any atom is 0.280 e. The summed E-state index contributed by atoms with van der Waals surface area (Å²) in [6.45, 7) is 2.76. The molecular formula is C11H18N2O3S. The van der Waals surface area contributed by atoms with Gasteiger partial charge in [0.15, 0.2) is 0 Å². The van der Waals surface area contributed by atoms with E-state index in [-0.39, 0.29) is 12.6 Å². The Hall–Kier alpha value is -0.850. The monoisotopic (exact) mass is 258 g/mol. The van der Waals surface area contributed by atoms with Crippen LogP contribution in [-0.2, 0) is 16.8 Å². The minimum atomic E-state index is -3.39. The van der Waals surface area contributed by atoms with Gasteiger partial charge in [-0.25, -0.2) is 0 Å². The van der Waals surface area contributed by atoms with Crippen LogP contribution in [0.3, 0.4) is 0 Å². The van der Waals surface area contributed by atoms with Crippen LogP contribution in [0.4, 0.5) is 0 Å². The van der Waals surface area contributed by atoms with Crippen molar-refractivity contribution < 1.29 is 12.8 Å². The number of rotatable bonds is 4. The van der Waals surface area contributed by atoms with E-state index in [1.807, 2.05) is 6.92 Å². The van der Waals surface area contributed by atoms with Crippen molar-refractivity contribution in [1.29, 1.82) is 0 Å². The molecule has 0 aliphatic carbocycles. The van der Waals surface area contributed by atoms with Gasteiger partial charge in [-0.15, -0.1) is 0 Å². The molecule has 6 heteroatoms. The number of hydrogen-bond donors (Lipinski definition) is 1. The summed E-state index contributed by atoms with van der Waals surface area (Å²) < 4.78 is 33.3. The predicted molar refractivity (Wildman–Crippen MR) is 64.5 cm³/mol. The zero-order valence-corrected chi connectivity index (χ0v) is 10.7. The fraction of sp³-hybridized carbons (Fsp3) is 0.636. The molecule has 0 bridgehead atoms. The second-order valence-corrected chi connectivity index (χ2v) is 6.07. The number of piperidine rings is 1. The summed E-state index contributed by atoms with van der Waals surface area (Å²) in [7, 11) is -3.39. The second kappa shape index (κ2) is 5.20. The Kier molecular flexibility index (Phi) is 3.86. The predicted octanol–water partition coefficient (Wildman–Crippen LogP) is 1.49. The molecule has 1 N–H and O–H groups in total. The fourth-order valence-corrected chi connectivity index (χ4v) is 3.53. The van der Waals surface area contributed by atoms with E-state index < -0.39 is 10.2 Å².